The third-order valence-corrected chi connectivity index (χ3v) is 2.34. The maximum atomic E-state index is 13.5. The van der Waals surface area contributed by atoms with Crippen molar-refractivity contribution in [3.05, 3.63) is 29.6 Å². The van der Waals surface area contributed by atoms with E-state index in [4.69, 9.17) is 10.9 Å². The van der Waals surface area contributed by atoms with Crippen LogP contribution in [0.3, 0.4) is 0 Å². The van der Waals surface area contributed by atoms with E-state index < -0.39 is 0 Å². The van der Waals surface area contributed by atoms with Gasteiger partial charge in [-0.1, -0.05) is 18.1 Å². The van der Waals surface area contributed by atoms with E-state index in [9.17, 15) is 4.39 Å². The number of oxime groups is 1. The van der Waals surface area contributed by atoms with E-state index in [-0.39, 0.29) is 17.7 Å². The monoisotopic (exact) mass is 225 g/mol. The molecule has 0 aromatic heterocycles. The number of amidine groups is 1. The fourth-order valence-electron chi connectivity index (χ4n) is 1.38. The number of anilines is 1. The molecule has 1 rings (SSSR count). The normalized spacial score (nSPS) is 13.6. The quantitative estimate of drug-likeness (QED) is 0.318. The Balaban J connectivity index is 2.86. The van der Waals surface area contributed by atoms with Gasteiger partial charge in [0.15, 0.2) is 5.84 Å². The number of nitrogens with one attached hydrogen (secondary N) is 1. The Morgan fingerprint density at radius 3 is 2.81 bits per heavy atom. The highest BCUT2D eigenvalue weighted by Crippen LogP contribution is 2.16. The summed E-state index contributed by atoms with van der Waals surface area (Å²) >= 11 is 0. The van der Waals surface area contributed by atoms with Crippen LogP contribution in [0.4, 0.5) is 10.1 Å². The van der Waals surface area contributed by atoms with E-state index >= 15 is 0 Å². The maximum Gasteiger partial charge on any atom is 0.161 e. The molecule has 0 bridgehead atoms. The zero-order valence-corrected chi connectivity index (χ0v) is 9.37. The van der Waals surface area contributed by atoms with Gasteiger partial charge in [0.05, 0.1) is 11.7 Å². The number of aryl methyl sites for hydroxylation is 1. The van der Waals surface area contributed by atoms with Gasteiger partial charge in [-0.3, -0.25) is 0 Å². The number of halogens is 1. The van der Waals surface area contributed by atoms with Crippen molar-refractivity contribution in [3.8, 4) is 0 Å². The zero-order valence-electron chi connectivity index (χ0n) is 9.37. The van der Waals surface area contributed by atoms with Crippen molar-refractivity contribution in [2.45, 2.75) is 26.3 Å². The lowest BCUT2D eigenvalue weighted by molar-refractivity contribution is 0.316. The second kappa shape index (κ2) is 5.34. The summed E-state index contributed by atoms with van der Waals surface area (Å²) in [5.41, 5.74) is 6.67. The van der Waals surface area contributed by atoms with E-state index in [1.807, 2.05) is 13.8 Å². The topological polar surface area (TPSA) is 70.6 Å². The lowest BCUT2D eigenvalue weighted by Gasteiger charge is -2.17. The van der Waals surface area contributed by atoms with E-state index in [0.717, 1.165) is 5.56 Å². The van der Waals surface area contributed by atoms with Gasteiger partial charge in [0.25, 0.3) is 0 Å². The number of nitrogens with zero attached hydrogens (tertiary/aromatic N) is 1. The molecule has 0 fully saturated rings. The molecular weight excluding hydrogens is 209 g/mol. The average molecular weight is 225 g/mol. The van der Waals surface area contributed by atoms with Crippen LogP contribution in [0.25, 0.3) is 0 Å². The van der Waals surface area contributed by atoms with Crippen molar-refractivity contribution in [2.24, 2.45) is 10.9 Å². The van der Waals surface area contributed by atoms with Crippen LogP contribution in [0.1, 0.15) is 18.9 Å². The fraction of sp³-hybridized carbons (Fsp3) is 0.364. The van der Waals surface area contributed by atoms with Crippen LogP contribution in [0.5, 0.6) is 0 Å². The Morgan fingerprint density at radius 1 is 1.62 bits per heavy atom. The minimum Gasteiger partial charge on any atom is -0.409 e. The molecule has 0 aliphatic carbocycles. The second-order valence-corrected chi connectivity index (χ2v) is 3.61. The van der Waals surface area contributed by atoms with E-state index in [0.29, 0.717) is 12.1 Å². The first-order valence-electron chi connectivity index (χ1n) is 5.08. The van der Waals surface area contributed by atoms with E-state index in [1.54, 1.807) is 12.1 Å². The number of hydrogen-bond donors (Lipinski definition) is 3. The number of nitrogens with two attached hydrogens (primary N) is 1. The molecule has 0 radical (unpaired) electrons. The van der Waals surface area contributed by atoms with Crippen LogP contribution >= 0.6 is 0 Å². The van der Waals surface area contributed by atoms with Gasteiger partial charge in [0.2, 0.25) is 0 Å². The van der Waals surface area contributed by atoms with Crippen molar-refractivity contribution in [3.63, 3.8) is 0 Å². The lowest BCUT2D eigenvalue weighted by atomic mass is 10.1. The average Bonchev–Trinajstić information content (AvgIpc) is 2.27. The summed E-state index contributed by atoms with van der Waals surface area (Å²) in [5.74, 6) is -0.299. The lowest BCUT2D eigenvalue weighted by Crippen LogP contribution is -2.35. The Morgan fingerprint density at radius 2 is 2.31 bits per heavy atom. The number of hydrogen-bond acceptors (Lipinski definition) is 3. The molecule has 0 aliphatic rings. The van der Waals surface area contributed by atoms with Gasteiger partial charge in [0, 0.05) is 0 Å². The Labute approximate surface area is 94.0 Å². The zero-order chi connectivity index (χ0) is 12.1. The van der Waals surface area contributed by atoms with Crippen LogP contribution in [-0.4, -0.2) is 17.1 Å². The summed E-state index contributed by atoms with van der Waals surface area (Å²) in [6, 6.07) is 4.49. The maximum absolute atomic E-state index is 13.5. The molecule has 0 aliphatic heterocycles. The van der Waals surface area contributed by atoms with Crippen molar-refractivity contribution < 1.29 is 9.60 Å². The van der Waals surface area contributed by atoms with Gasteiger partial charge < -0.3 is 16.3 Å². The first kappa shape index (κ1) is 12.3. The molecule has 1 unspecified atom stereocenters. The summed E-state index contributed by atoms with van der Waals surface area (Å²) in [7, 11) is 0. The first-order valence-corrected chi connectivity index (χ1v) is 5.08. The molecular formula is C11H16FN3O. The van der Waals surface area contributed by atoms with Crippen molar-refractivity contribution >= 4 is 11.5 Å². The Bertz CT molecular complexity index is 393. The predicted octanol–water partition coefficient (Wildman–Crippen LogP) is 2.07. The molecule has 1 aromatic rings. The molecule has 5 heteroatoms. The summed E-state index contributed by atoms with van der Waals surface area (Å²) < 4.78 is 13.5. The molecule has 0 amide bonds. The van der Waals surface area contributed by atoms with Crippen LogP contribution in [0, 0.1) is 12.7 Å². The smallest absolute Gasteiger partial charge is 0.161 e. The van der Waals surface area contributed by atoms with Gasteiger partial charge in [-0.05, 0) is 31.0 Å². The predicted molar refractivity (Wildman–Crippen MR) is 62.2 cm³/mol. The summed E-state index contributed by atoms with van der Waals surface area (Å²) in [6.07, 6.45) is 0.600. The molecule has 0 saturated carbocycles. The highest BCUT2D eigenvalue weighted by atomic mass is 19.1. The highest BCUT2D eigenvalue weighted by Gasteiger charge is 2.13. The standard InChI is InChI=1S/C11H16FN3O/c1-3-9(11(13)15-16)14-10-5-4-7(2)6-8(10)12/h4-6,9,14,16H,3H2,1-2H3,(H2,13,15). The Hall–Kier alpha value is -1.78. The van der Waals surface area contributed by atoms with Gasteiger partial charge in [0.1, 0.15) is 5.82 Å². The minimum atomic E-state index is -0.373. The molecule has 4 nitrogen and oxygen atoms in total. The number of benzene rings is 1. The van der Waals surface area contributed by atoms with Gasteiger partial charge in [-0.25, -0.2) is 4.39 Å². The molecule has 16 heavy (non-hydrogen) atoms. The molecule has 0 saturated heterocycles. The molecule has 1 aromatic carbocycles. The third kappa shape index (κ3) is 2.85. The van der Waals surface area contributed by atoms with Crippen molar-refractivity contribution in [1.29, 1.82) is 0 Å². The molecule has 0 spiro atoms. The first-order chi connectivity index (χ1) is 7.58. The van der Waals surface area contributed by atoms with Gasteiger partial charge >= 0.3 is 0 Å². The SMILES string of the molecule is CCC(Nc1ccc(C)cc1F)C(N)=NO. The fourth-order valence-corrected chi connectivity index (χ4v) is 1.38. The van der Waals surface area contributed by atoms with E-state index in [1.165, 1.54) is 6.07 Å². The van der Waals surface area contributed by atoms with Crippen molar-refractivity contribution in [1.82, 2.24) is 0 Å². The van der Waals surface area contributed by atoms with Crippen molar-refractivity contribution in [2.75, 3.05) is 5.32 Å². The molecule has 88 valence electrons. The highest BCUT2D eigenvalue weighted by molar-refractivity contribution is 5.87. The molecule has 1 atom stereocenters. The largest absolute Gasteiger partial charge is 0.409 e. The van der Waals surface area contributed by atoms with Crippen LogP contribution in [-0.2, 0) is 0 Å². The van der Waals surface area contributed by atoms with Gasteiger partial charge in [-0.2, -0.15) is 0 Å². The summed E-state index contributed by atoms with van der Waals surface area (Å²) in [6.45, 7) is 3.68. The minimum absolute atomic E-state index is 0.0440. The van der Waals surface area contributed by atoms with Crippen LogP contribution in [0.15, 0.2) is 23.4 Å². The van der Waals surface area contributed by atoms with Crippen LogP contribution in [0.2, 0.25) is 0 Å². The summed E-state index contributed by atoms with van der Waals surface area (Å²) in [4.78, 5) is 0. The van der Waals surface area contributed by atoms with Gasteiger partial charge in [-0.15, -0.1) is 0 Å². The summed E-state index contributed by atoms with van der Waals surface area (Å²) in [5, 5.41) is 14.4. The van der Waals surface area contributed by atoms with E-state index in [2.05, 4.69) is 10.5 Å². The molecule has 4 N–H and O–H groups in total. The van der Waals surface area contributed by atoms with Crippen LogP contribution < -0.4 is 11.1 Å². The molecule has 0 heterocycles. The number of rotatable bonds is 4. The third-order valence-electron chi connectivity index (χ3n) is 2.34. The Kier molecular flexibility index (Phi) is 4.10. The second-order valence-electron chi connectivity index (χ2n) is 3.61.